The van der Waals surface area contributed by atoms with Crippen molar-refractivity contribution in [1.29, 1.82) is 5.26 Å². The number of ether oxygens (including phenoxy) is 1. The first-order chi connectivity index (χ1) is 15.2. The second-order valence-electron chi connectivity index (χ2n) is 8.99. The monoisotopic (exact) mass is 461 g/mol. The number of carboxylic acid groups (broad SMARTS) is 1. The first-order valence-corrected chi connectivity index (χ1v) is 11.6. The van der Waals surface area contributed by atoms with Gasteiger partial charge >= 0.3 is 5.97 Å². The van der Waals surface area contributed by atoms with E-state index in [1.54, 1.807) is 11.8 Å². The fourth-order valence-electron chi connectivity index (χ4n) is 5.88. The van der Waals surface area contributed by atoms with Crippen LogP contribution in [0.25, 0.3) is 0 Å². The van der Waals surface area contributed by atoms with Gasteiger partial charge in [-0.05, 0) is 6.42 Å². The third kappa shape index (κ3) is 3.14. The molecule has 9 nitrogen and oxygen atoms in total. The number of methoxy groups -OCH3 is 1. The highest BCUT2D eigenvalue weighted by Crippen LogP contribution is 2.48. The standard InChI is InChI=1S/C22H27N3O6S/c1-8(2)32-21-19(28)15-13(7-26)25-12(6-23)11-5-10(22(29)30)16(24-11)17(25)9(3)14(15)18(27)20(21)31-4/h8-13,16-17,24,26H,5,7H2,1-4H3,(H,29,30)/t9?,10-,11+,12?,13+,16-,17+/m1/s1. The Labute approximate surface area is 190 Å². The van der Waals surface area contributed by atoms with Crippen LogP contribution in [0.2, 0.25) is 0 Å². The Morgan fingerprint density at radius 2 is 2.03 bits per heavy atom. The number of carbonyl (C=O) groups is 3. The molecule has 2 fully saturated rings. The zero-order valence-corrected chi connectivity index (χ0v) is 19.2. The van der Waals surface area contributed by atoms with E-state index in [0.717, 1.165) is 0 Å². The van der Waals surface area contributed by atoms with Crippen LogP contribution in [0.15, 0.2) is 21.8 Å². The number of carboxylic acids is 1. The molecule has 1 aliphatic carbocycles. The summed E-state index contributed by atoms with van der Waals surface area (Å²) < 4.78 is 5.37. The zero-order chi connectivity index (χ0) is 23.5. The maximum Gasteiger partial charge on any atom is 0.308 e. The number of fused-ring (bicyclic) bond motifs is 4. The number of allylic oxidation sites excluding steroid dienone is 2. The van der Waals surface area contributed by atoms with Crippen LogP contribution in [0.4, 0.5) is 0 Å². The molecule has 172 valence electrons. The number of nitriles is 1. The lowest BCUT2D eigenvalue weighted by atomic mass is 9.71. The molecule has 0 aromatic rings. The third-order valence-electron chi connectivity index (χ3n) is 7.00. The summed E-state index contributed by atoms with van der Waals surface area (Å²) in [6, 6.07) is -0.780. The van der Waals surface area contributed by atoms with Crippen molar-refractivity contribution in [2.75, 3.05) is 13.7 Å². The number of rotatable bonds is 5. The summed E-state index contributed by atoms with van der Waals surface area (Å²) >= 11 is 1.24. The van der Waals surface area contributed by atoms with E-state index < -0.39 is 60.4 Å². The minimum absolute atomic E-state index is 0.0101. The SMILES string of the molecule is COC1=C(SC(C)C)C(=O)C2=C(C1=O)C(C)[C@H]1[C@@H]3N[C@@H](C[C@H]3C(=O)O)C(C#N)N1[C@H]2CO. The summed E-state index contributed by atoms with van der Waals surface area (Å²) in [5.41, 5.74) is 0.465. The first-order valence-electron chi connectivity index (χ1n) is 10.7. The second kappa shape index (κ2) is 8.30. The Morgan fingerprint density at radius 1 is 1.34 bits per heavy atom. The number of aliphatic carboxylic acids is 1. The van der Waals surface area contributed by atoms with Crippen LogP contribution >= 0.6 is 11.8 Å². The van der Waals surface area contributed by atoms with Gasteiger partial charge in [-0.1, -0.05) is 20.8 Å². The van der Waals surface area contributed by atoms with Crippen molar-refractivity contribution in [3.05, 3.63) is 21.8 Å². The van der Waals surface area contributed by atoms with Gasteiger partial charge in [0.15, 0.2) is 5.76 Å². The largest absolute Gasteiger partial charge is 0.491 e. The number of aliphatic hydroxyl groups excluding tert-OH is 1. The van der Waals surface area contributed by atoms with Gasteiger partial charge in [0, 0.05) is 40.4 Å². The molecule has 2 saturated heterocycles. The number of nitrogens with zero attached hydrogens (tertiary/aromatic N) is 2. The van der Waals surface area contributed by atoms with Crippen molar-refractivity contribution < 1.29 is 29.3 Å². The van der Waals surface area contributed by atoms with Crippen LogP contribution in [-0.4, -0.2) is 81.8 Å². The maximum atomic E-state index is 13.6. The fourth-order valence-corrected chi connectivity index (χ4v) is 6.85. The van der Waals surface area contributed by atoms with Gasteiger partial charge in [0.2, 0.25) is 11.6 Å². The van der Waals surface area contributed by atoms with Crippen LogP contribution < -0.4 is 5.32 Å². The summed E-state index contributed by atoms with van der Waals surface area (Å²) in [7, 11) is 1.35. The summed E-state index contributed by atoms with van der Waals surface area (Å²) in [6.07, 6.45) is 0.276. The van der Waals surface area contributed by atoms with E-state index in [1.165, 1.54) is 18.9 Å². The Balaban J connectivity index is 1.89. The van der Waals surface area contributed by atoms with Gasteiger partial charge in [-0.25, -0.2) is 0 Å². The molecule has 2 unspecified atom stereocenters. The van der Waals surface area contributed by atoms with Crippen LogP contribution in [0.3, 0.4) is 0 Å². The van der Waals surface area contributed by atoms with E-state index in [2.05, 4.69) is 11.4 Å². The number of thioether (sulfide) groups is 1. The van der Waals surface area contributed by atoms with Gasteiger partial charge in [-0.15, -0.1) is 11.8 Å². The minimum Gasteiger partial charge on any atom is -0.491 e. The van der Waals surface area contributed by atoms with Crippen molar-refractivity contribution in [3.63, 3.8) is 0 Å². The van der Waals surface area contributed by atoms with Crippen molar-refractivity contribution >= 4 is 29.3 Å². The molecule has 0 aromatic heterocycles. The van der Waals surface area contributed by atoms with Gasteiger partial charge in [-0.3, -0.25) is 19.3 Å². The fraction of sp³-hybridized carbons (Fsp3) is 0.636. The molecule has 0 amide bonds. The number of piperazine rings is 1. The normalized spacial score (nSPS) is 36.8. The van der Waals surface area contributed by atoms with Crippen LogP contribution in [-0.2, 0) is 19.1 Å². The molecule has 4 aliphatic rings. The molecule has 3 aliphatic heterocycles. The highest BCUT2D eigenvalue weighted by atomic mass is 32.2. The number of carbonyl (C=O) groups excluding carboxylic acids is 2. The minimum atomic E-state index is -0.963. The highest BCUT2D eigenvalue weighted by molar-refractivity contribution is 8.04. The number of hydrogen-bond donors (Lipinski definition) is 3. The van der Waals surface area contributed by atoms with Crippen LogP contribution in [0.1, 0.15) is 27.2 Å². The Kier molecular flexibility index (Phi) is 5.96. The number of ketones is 2. The molecule has 7 atom stereocenters. The highest BCUT2D eigenvalue weighted by Gasteiger charge is 2.61. The van der Waals surface area contributed by atoms with E-state index in [1.807, 2.05) is 13.8 Å². The topological polar surface area (TPSA) is 140 Å². The zero-order valence-electron chi connectivity index (χ0n) is 18.4. The van der Waals surface area contributed by atoms with E-state index in [0.29, 0.717) is 0 Å². The summed E-state index contributed by atoms with van der Waals surface area (Å²) in [4.78, 5) is 41.1. The van der Waals surface area contributed by atoms with E-state index in [4.69, 9.17) is 4.74 Å². The quantitative estimate of drug-likeness (QED) is 0.494. The molecule has 0 spiro atoms. The lowest BCUT2D eigenvalue weighted by molar-refractivity contribution is -0.143. The Morgan fingerprint density at radius 3 is 2.56 bits per heavy atom. The van der Waals surface area contributed by atoms with Crippen LogP contribution in [0, 0.1) is 23.2 Å². The summed E-state index contributed by atoms with van der Waals surface area (Å²) in [5, 5.41) is 33.5. The van der Waals surface area contributed by atoms with Crippen LogP contribution in [0.5, 0.6) is 0 Å². The van der Waals surface area contributed by atoms with E-state index in [9.17, 15) is 29.9 Å². The summed E-state index contributed by atoms with van der Waals surface area (Å²) in [5.74, 6) is -3.00. The predicted octanol–water partition coefficient (Wildman–Crippen LogP) is 0.453. The van der Waals surface area contributed by atoms with Crippen molar-refractivity contribution in [2.24, 2.45) is 11.8 Å². The Bertz CT molecular complexity index is 983. The number of nitrogens with one attached hydrogen (secondary N) is 1. The average molecular weight is 462 g/mol. The molecule has 2 bridgehead atoms. The van der Waals surface area contributed by atoms with Crippen molar-refractivity contribution in [3.8, 4) is 6.07 Å². The Hall–Kier alpha value is -2.19. The van der Waals surface area contributed by atoms with E-state index in [-0.39, 0.29) is 39.3 Å². The molecule has 32 heavy (non-hydrogen) atoms. The molecule has 0 aromatic carbocycles. The number of Topliss-reactive ketones (excluding diaryl/α,β-unsaturated/α-hetero) is 2. The number of aliphatic hydroxyl groups is 1. The lowest BCUT2D eigenvalue weighted by Crippen LogP contribution is -2.71. The third-order valence-corrected chi connectivity index (χ3v) is 8.08. The molecular formula is C22H27N3O6S. The van der Waals surface area contributed by atoms with Gasteiger partial charge in [0.25, 0.3) is 0 Å². The van der Waals surface area contributed by atoms with Gasteiger partial charge < -0.3 is 20.3 Å². The van der Waals surface area contributed by atoms with E-state index >= 15 is 0 Å². The second-order valence-corrected chi connectivity index (χ2v) is 10.6. The smallest absolute Gasteiger partial charge is 0.308 e. The molecule has 0 saturated carbocycles. The molecule has 0 radical (unpaired) electrons. The summed E-state index contributed by atoms with van der Waals surface area (Å²) in [6.45, 7) is 5.13. The molecule has 10 heteroatoms. The average Bonchev–Trinajstić information content (AvgIpc) is 3.11. The van der Waals surface area contributed by atoms with Gasteiger partial charge in [-0.2, -0.15) is 5.26 Å². The predicted molar refractivity (Wildman–Crippen MR) is 115 cm³/mol. The van der Waals surface area contributed by atoms with Crippen molar-refractivity contribution in [2.45, 2.75) is 62.7 Å². The molecule has 3 heterocycles. The molecule has 4 rings (SSSR count). The maximum absolute atomic E-state index is 13.6. The van der Waals surface area contributed by atoms with Gasteiger partial charge in [0.1, 0.15) is 10.9 Å². The lowest BCUT2D eigenvalue weighted by Gasteiger charge is -2.54. The van der Waals surface area contributed by atoms with Gasteiger partial charge in [0.05, 0.1) is 31.7 Å². The van der Waals surface area contributed by atoms with Crippen molar-refractivity contribution in [1.82, 2.24) is 10.2 Å². The first kappa shape index (κ1) is 23.0. The molecule has 3 N–H and O–H groups in total. The molecular weight excluding hydrogens is 434 g/mol. The number of hydrogen-bond acceptors (Lipinski definition) is 9.